The van der Waals surface area contributed by atoms with Crippen LogP contribution in [0.4, 0.5) is 0 Å². The molecule has 0 aliphatic carbocycles. The number of hydrogen-bond acceptors (Lipinski definition) is 3. The molecule has 0 aromatic rings. The van der Waals surface area contributed by atoms with Gasteiger partial charge in [-0.15, -0.1) is 0 Å². The predicted octanol–water partition coefficient (Wildman–Crippen LogP) is -0.505. The number of sulfonamides is 1. The van der Waals surface area contributed by atoms with Gasteiger partial charge in [0, 0.05) is 6.54 Å². The fourth-order valence-electron chi connectivity index (χ4n) is 1.38. The molecule has 6 heteroatoms. The smallest absolute Gasteiger partial charge is 0.322 e. The summed E-state index contributed by atoms with van der Waals surface area (Å²) in [7, 11) is -3.34. The standard InChI is InChI=1S/C6H11NO4S/c1-12(10,11)7-4-2-3-5(7)6(8)9/h5H,2-4H2,1H3,(H,8,9)/t5-/m1/s1. The molecular weight excluding hydrogens is 182 g/mol. The monoisotopic (exact) mass is 193 g/mol. The van der Waals surface area contributed by atoms with Crippen LogP contribution in [0.3, 0.4) is 0 Å². The second kappa shape index (κ2) is 3.02. The highest BCUT2D eigenvalue weighted by Gasteiger charge is 2.36. The van der Waals surface area contributed by atoms with Crippen molar-refractivity contribution in [2.24, 2.45) is 0 Å². The van der Waals surface area contributed by atoms with E-state index >= 15 is 0 Å². The van der Waals surface area contributed by atoms with Crippen LogP contribution in [0.2, 0.25) is 0 Å². The Labute approximate surface area is 71.0 Å². The van der Waals surface area contributed by atoms with E-state index in [1.807, 2.05) is 0 Å². The van der Waals surface area contributed by atoms with Crippen LogP contribution in [0.25, 0.3) is 0 Å². The highest BCUT2D eigenvalue weighted by molar-refractivity contribution is 7.88. The van der Waals surface area contributed by atoms with Gasteiger partial charge in [-0.3, -0.25) is 4.79 Å². The zero-order valence-electron chi connectivity index (χ0n) is 6.73. The van der Waals surface area contributed by atoms with Gasteiger partial charge in [0.1, 0.15) is 6.04 Å². The normalized spacial score (nSPS) is 25.9. The molecule has 12 heavy (non-hydrogen) atoms. The number of carbonyl (C=O) groups is 1. The summed E-state index contributed by atoms with van der Waals surface area (Å²) in [5, 5.41) is 8.64. The average Bonchev–Trinajstić information content (AvgIpc) is 2.30. The van der Waals surface area contributed by atoms with Gasteiger partial charge < -0.3 is 5.11 Å². The Morgan fingerprint density at radius 3 is 2.50 bits per heavy atom. The molecule has 5 nitrogen and oxygen atoms in total. The Bertz CT molecular complexity index is 284. The highest BCUT2D eigenvalue weighted by Crippen LogP contribution is 2.19. The van der Waals surface area contributed by atoms with Crippen molar-refractivity contribution in [3.05, 3.63) is 0 Å². The number of hydrogen-bond donors (Lipinski definition) is 1. The van der Waals surface area contributed by atoms with Gasteiger partial charge in [-0.25, -0.2) is 8.42 Å². The lowest BCUT2D eigenvalue weighted by atomic mass is 10.2. The van der Waals surface area contributed by atoms with Crippen molar-refractivity contribution in [3.8, 4) is 0 Å². The molecule has 0 aromatic carbocycles. The maximum absolute atomic E-state index is 11.0. The first-order valence-electron chi connectivity index (χ1n) is 3.62. The topological polar surface area (TPSA) is 74.7 Å². The van der Waals surface area contributed by atoms with E-state index in [-0.39, 0.29) is 0 Å². The lowest BCUT2D eigenvalue weighted by Gasteiger charge is -2.17. The summed E-state index contributed by atoms with van der Waals surface area (Å²) >= 11 is 0. The maximum atomic E-state index is 11.0. The quantitative estimate of drug-likeness (QED) is 0.641. The van der Waals surface area contributed by atoms with Crippen molar-refractivity contribution in [2.75, 3.05) is 12.8 Å². The van der Waals surface area contributed by atoms with Crippen molar-refractivity contribution in [2.45, 2.75) is 18.9 Å². The highest BCUT2D eigenvalue weighted by atomic mass is 32.2. The van der Waals surface area contributed by atoms with E-state index in [0.29, 0.717) is 19.4 Å². The molecule has 0 radical (unpaired) electrons. The molecule has 0 aromatic heterocycles. The number of carboxylic acids is 1. The molecule has 1 N–H and O–H groups in total. The van der Waals surface area contributed by atoms with Crippen molar-refractivity contribution < 1.29 is 18.3 Å². The van der Waals surface area contributed by atoms with E-state index in [4.69, 9.17) is 5.11 Å². The minimum absolute atomic E-state index is 0.329. The average molecular weight is 193 g/mol. The molecule has 1 aliphatic heterocycles. The molecule has 0 unspecified atom stereocenters. The van der Waals surface area contributed by atoms with E-state index in [0.717, 1.165) is 10.6 Å². The lowest BCUT2D eigenvalue weighted by molar-refractivity contribution is -0.140. The van der Waals surface area contributed by atoms with Crippen molar-refractivity contribution in [1.29, 1.82) is 0 Å². The molecule has 1 heterocycles. The molecular formula is C6H11NO4S. The van der Waals surface area contributed by atoms with Crippen LogP contribution < -0.4 is 0 Å². The first-order valence-corrected chi connectivity index (χ1v) is 5.47. The van der Waals surface area contributed by atoms with Crippen LogP contribution in [0, 0.1) is 0 Å². The van der Waals surface area contributed by atoms with Gasteiger partial charge in [0.15, 0.2) is 0 Å². The molecule has 70 valence electrons. The second-order valence-electron chi connectivity index (χ2n) is 2.87. The third-order valence-electron chi connectivity index (χ3n) is 1.91. The minimum atomic E-state index is -3.34. The van der Waals surface area contributed by atoms with E-state index in [1.54, 1.807) is 0 Å². The van der Waals surface area contributed by atoms with E-state index in [1.165, 1.54) is 0 Å². The van der Waals surface area contributed by atoms with Crippen LogP contribution in [0.1, 0.15) is 12.8 Å². The summed E-state index contributed by atoms with van der Waals surface area (Å²) in [5.41, 5.74) is 0. The summed E-state index contributed by atoms with van der Waals surface area (Å²) in [6.07, 6.45) is 2.08. The number of aliphatic carboxylic acids is 1. The Morgan fingerprint density at radius 2 is 2.17 bits per heavy atom. The fraction of sp³-hybridized carbons (Fsp3) is 0.833. The van der Waals surface area contributed by atoms with Gasteiger partial charge in [-0.1, -0.05) is 0 Å². The molecule has 1 rings (SSSR count). The SMILES string of the molecule is CS(=O)(=O)N1CCC[C@@H]1C(=O)O. The third kappa shape index (κ3) is 1.75. The van der Waals surface area contributed by atoms with E-state index in [2.05, 4.69) is 0 Å². The molecule has 1 aliphatic rings. The van der Waals surface area contributed by atoms with Crippen molar-refractivity contribution in [3.63, 3.8) is 0 Å². The first kappa shape index (κ1) is 9.47. The van der Waals surface area contributed by atoms with Gasteiger partial charge in [-0.2, -0.15) is 4.31 Å². The number of carboxylic acid groups (broad SMARTS) is 1. The molecule has 0 amide bonds. The molecule has 1 atom stereocenters. The fourth-order valence-corrected chi connectivity index (χ4v) is 2.50. The zero-order chi connectivity index (χ0) is 9.35. The summed E-state index contributed by atoms with van der Waals surface area (Å²) in [5.74, 6) is -1.06. The van der Waals surface area contributed by atoms with Gasteiger partial charge in [-0.05, 0) is 12.8 Å². The van der Waals surface area contributed by atoms with Crippen molar-refractivity contribution >= 4 is 16.0 Å². The van der Waals surface area contributed by atoms with Gasteiger partial charge in [0.2, 0.25) is 10.0 Å². The summed E-state index contributed by atoms with van der Waals surface area (Å²) in [6, 6.07) is -0.847. The number of nitrogens with zero attached hydrogens (tertiary/aromatic N) is 1. The van der Waals surface area contributed by atoms with Crippen LogP contribution in [-0.4, -0.2) is 42.6 Å². The molecule has 0 bridgehead atoms. The van der Waals surface area contributed by atoms with Crippen LogP contribution in [0.5, 0.6) is 0 Å². The van der Waals surface area contributed by atoms with E-state index < -0.39 is 22.0 Å². The number of rotatable bonds is 2. The van der Waals surface area contributed by atoms with Crippen LogP contribution >= 0.6 is 0 Å². The van der Waals surface area contributed by atoms with E-state index in [9.17, 15) is 13.2 Å². The molecule has 1 saturated heterocycles. The summed E-state index contributed by atoms with van der Waals surface area (Å²) in [6.45, 7) is 0.329. The Hall–Kier alpha value is -0.620. The Kier molecular flexibility index (Phi) is 2.39. The zero-order valence-corrected chi connectivity index (χ0v) is 7.54. The maximum Gasteiger partial charge on any atom is 0.322 e. The Balaban J connectivity index is 2.85. The largest absolute Gasteiger partial charge is 0.480 e. The Morgan fingerprint density at radius 1 is 1.58 bits per heavy atom. The molecule has 0 saturated carbocycles. The second-order valence-corrected chi connectivity index (χ2v) is 4.81. The summed E-state index contributed by atoms with van der Waals surface area (Å²) in [4.78, 5) is 10.6. The van der Waals surface area contributed by atoms with Crippen molar-refractivity contribution in [1.82, 2.24) is 4.31 Å². The summed E-state index contributed by atoms with van der Waals surface area (Å²) < 4.78 is 23.1. The third-order valence-corrected chi connectivity index (χ3v) is 3.20. The minimum Gasteiger partial charge on any atom is -0.480 e. The van der Waals surface area contributed by atoms with Gasteiger partial charge in [0.25, 0.3) is 0 Å². The molecule has 0 spiro atoms. The lowest BCUT2D eigenvalue weighted by Crippen LogP contribution is -2.39. The van der Waals surface area contributed by atoms with Crippen LogP contribution in [-0.2, 0) is 14.8 Å². The van der Waals surface area contributed by atoms with Gasteiger partial charge >= 0.3 is 5.97 Å². The first-order chi connectivity index (χ1) is 5.43. The predicted molar refractivity (Wildman–Crippen MR) is 42.2 cm³/mol. The van der Waals surface area contributed by atoms with Gasteiger partial charge in [0.05, 0.1) is 6.26 Å². The van der Waals surface area contributed by atoms with Crippen LogP contribution in [0.15, 0.2) is 0 Å². The molecule has 1 fully saturated rings.